The average molecular weight is 302 g/mol. The number of nitrogens with two attached hydrogens (primary N) is 1. The molecule has 0 aromatic rings. The van der Waals surface area contributed by atoms with Crippen molar-refractivity contribution in [2.75, 3.05) is 19.8 Å². The van der Waals surface area contributed by atoms with E-state index in [-0.39, 0.29) is 6.29 Å². The predicted molar refractivity (Wildman–Crippen MR) is 91.4 cm³/mol. The van der Waals surface area contributed by atoms with Crippen molar-refractivity contribution < 1.29 is 9.47 Å². The molecule has 3 nitrogen and oxygen atoms in total. The molecule has 0 saturated carbocycles. The fourth-order valence-corrected chi connectivity index (χ4v) is 2.81. The molecule has 0 amide bonds. The molecule has 0 aliphatic rings. The van der Waals surface area contributed by atoms with Crippen LogP contribution in [0.4, 0.5) is 0 Å². The molecule has 0 radical (unpaired) electrons. The molecule has 0 rings (SSSR count). The van der Waals surface area contributed by atoms with Crippen molar-refractivity contribution in [1.29, 1.82) is 0 Å². The van der Waals surface area contributed by atoms with Gasteiger partial charge in [-0.3, -0.25) is 0 Å². The SMILES string of the molecule is CCCCCCCCCC(CCCN)C(OCC)OCC. The lowest BCUT2D eigenvalue weighted by molar-refractivity contribution is -0.170. The van der Waals surface area contributed by atoms with E-state index in [1.165, 1.54) is 51.4 Å². The van der Waals surface area contributed by atoms with Crippen LogP contribution >= 0.6 is 0 Å². The van der Waals surface area contributed by atoms with E-state index in [2.05, 4.69) is 6.92 Å². The predicted octanol–water partition coefficient (Wildman–Crippen LogP) is 4.88. The monoisotopic (exact) mass is 301 g/mol. The summed E-state index contributed by atoms with van der Waals surface area (Å²) in [5.41, 5.74) is 5.67. The molecule has 0 aromatic heterocycles. The highest BCUT2D eigenvalue weighted by atomic mass is 16.7. The van der Waals surface area contributed by atoms with Gasteiger partial charge in [0.1, 0.15) is 0 Å². The van der Waals surface area contributed by atoms with Crippen molar-refractivity contribution in [2.45, 2.75) is 91.3 Å². The van der Waals surface area contributed by atoms with Gasteiger partial charge in [0.25, 0.3) is 0 Å². The largest absolute Gasteiger partial charge is 0.353 e. The van der Waals surface area contributed by atoms with Gasteiger partial charge >= 0.3 is 0 Å². The summed E-state index contributed by atoms with van der Waals surface area (Å²) >= 11 is 0. The Kier molecular flexibility index (Phi) is 16.2. The molecular weight excluding hydrogens is 262 g/mol. The van der Waals surface area contributed by atoms with Crippen LogP contribution in [0.3, 0.4) is 0 Å². The molecule has 1 atom stereocenters. The van der Waals surface area contributed by atoms with E-state index in [0.717, 1.165) is 32.6 Å². The van der Waals surface area contributed by atoms with Gasteiger partial charge in [0.2, 0.25) is 0 Å². The summed E-state index contributed by atoms with van der Waals surface area (Å²) in [7, 11) is 0. The molecule has 3 heteroatoms. The maximum atomic E-state index is 5.79. The Labute approximate surface area is 133 Å². The first-order valence-electron chi connectivity index (χ1n) is 9.23. The number of unbranched alkanes of at least 4 members (excludes halogenated alkanes) is 6. The van der Waals surface area contributed by atoms with Crippen molar-refractivity contribution in [3.8, 4) is 0 Å². The van der Waals surface area contributed by atoms with E-state index in [1.807, 2.05) is 13.8 Å². The molecule has 1 unspecified atom stereocenters. The van der Waals surface area contributed by atoms with Crippen molar-refractivity contribution in [2.24, 2.45) is 11.7 Å². The van der Waals surface area contributed by atoms with E-state index in [9.17, 15) is 0 Å². The van der Waals surface area contributed by atoms with Gasteiger partial charge in [-0.2, -0.15) is 0 Å². The molecule has 0 fully saturated rings. The third-order valence-corrected chi connectivity index (χ3v) is 4.00. The summed E-state index contributed by atoms with van der Waals surface area (Å²) in [6.45, 7) is 8.56. The van der Waals surface area contributed by atoms with Crippen molar-refractivity contribution >= 4 is 0 Å². The molecule has 0 aromatic carbocycles. The number of ether oxygens (including phenoxy) is 2. The van der Waals surface area contributed by atoms with Crippen LogP contribution in [0.2, 0.25) is 0 Å². The Hall–Kier alpha value is -0.120. The zero-order chi connectivity index (χ0) is 15.8. The lowest BCUT2D eigenvalue weighted by atomic mass is 9.94. The molecule has 0 aliphatic carbocycles. The highest BCUT2D eigenvalue weighted by Crippen LogP contribution is 2.23. The first-order valence-corrected chi connectivity index (χ1v) is 9.23. The van der Waals surface area contributed by atoms with Gasteiger partial charge in [0, 0.05) is 19.1 Å². The molecule has 0 bridgehead atoms. The van der Waals surface area contributed by atoms with E-state index in [0.29, 0.717) is 5.92 Å². The number of hydrogen-bond donors (Lipinski definition) is 1. The summed E-state index contributed by atoms with van der Waals surface area (Å²) in [5.74, 6) is 0.504. The lowest BCUT2D eigenvalue weighted by Gasteiger charge is -2.26. The maximum Gasteiger partial charge on any atom is 0.160 e. The minimum Gasteiger partial charge on any atom is -0.353 e. The summed E-state index contributed by atoms with van der Waals surface area (Å²) in [4.78, 5) is 0. The van der Waals surface area contributed by atoms with Gasteiger partial charge in [-0.15, -0.1) is 0 Å². The fraction of sp³-hybridized carbons (Fsp3) is 1.00. The van der Waals surface area contributed by atoms with E-state index < -0.39 is 0 Å². The maximum absolute atomic E-state index is 5.79. The van der Waals surface area contributed by atoms with Crippen LogP contribution in [0, 0.1) is 5.92 Å². The van der Waals surface area contributed by atoms with Crippen LogP contribution in [-0.2, 0) is 9.47 Å². The zero-order valence-corrected chi connectivity index (χ0v) is 14.7. The van der Waals surface area contributed by atoms with Crippen molar-refractivity contribution in [1.82, 2.24) is 0 Å². The minimum absolute atomic E-state index is 0.0355. The van der Waals surface area contributed by atoms with Gasteiger partial charge in [-0.05, 0) is 39.7 Å². The topological polar surface area (TPSA) is 44.5 Å². The quantitative estimate of drug-likeness (QED) is 0.326. The normalized spacial score (nSPS) is 13.0. The third kappa shape index (κ3) is 12.1. The third-order valence-electron chi connectivity index (χ3n) is 4.00. The van der Waals surface area contributed by atoms with Crippen LogP contribution in [0.5, 0.6) is 0 Å². The summed E-state index contributed by atoms with van der Waals surface area (Å²) < 4.78 is 11.6. The summed E-state index contributed by atoms with van der Waals surface area (Å²) in [6, 6.07) is 0. The fourth-order valence-electron chi connectivity index (χ4n) is 2.81. The smallest absolute Gasteiger partial charge is 0.160 e. The Balaban J connectivity index is 3.97. The van der Waals surface area contributed by atoms with Crippen LogP contribution < -0.4 is 5.73 Å². The Morgan fingerprint density at radius 1 is 0.714 bits per heavy atom. The van der Waals surface area contributed by atoms with E-state index >= 15 is 0 Å². The van der Waals surface area contributed by atoms with Gasteiger partial charge in [-0.1, -0.05) is 51.9 Å². The van der Waals surface area contributed by atoms with Gasteiger partial charge in [-0.25, -0.2) is 0 Å². The molecule has 2 N–H and O–H groups in total. The molecule has 0 heterocycles. The Bertz CT molecular complexity index is 194. The standard InChI is InChI=1S/C18H39NO2/c1-4-7-8-9-10-11-12-14-17(15-13-16-19)18(20-5-2)21-6-3/h17-18H,4-16,19H2,1-3H3. The van der Waals surface area contributed by atoms with Crippen LogP contribution in [-0.4, -0.2) is 26.0 Å². The number of hydrogen-bond acceptors (Lipinski definition) is 3. The second kappa shape index (κ2) is 16.3. The zero-order valence-electron chi connectivity index (χ0n) is 14.7. The van der Waals surface area contributed by atoms with Gasteiger partial charge < -0.3 is 15.2 Å². The van der Waals surface area contributed by atoms with Gasteiger partial charge in [0.05, 0.1) is 0 Å². The molecule has 0 saturated heterocycles. The van der Waals surface area contributed by atoms with E-state index in [1.54, 1.807) is 0 Å². The van der Waals surface area contributed by atoms with Crippen molar-refractivity contribution in [3.05, 3.63) is 0 Å². The second-order valence-corrected chi connectivity index (χ2v) is 5.88. The highest BCUT2D eigenvalue weighted by Gasteiger charge is 2.21. The van der Waals surface area contributed by atoms with Gasteiger partial charge in [0.15, 0.2) is 6.29 Å². The lowest BCUT2D eigenvalue weighted by Crippen LogP contribution is -2.28. The summed E-state index contributed by atoms with van der Waals surface area (Å²) in [5, 5.41) is 0. The van der Waals surface area contributed by atoms with E-state index in [4.69, 9.17) is 15.2 Å². The molecule has 128 valence electrons. The molecule has 21 heavy (non-hydrogen) atoms. The number of rotatable bonds is 16. The average Bonchev–Trinajstić information content (AvgIpc) is 2.49. The molecule has 0 aliphatic heterocycles. The summed E-state index contributed by atoms with van der Waals surface area (Å²) in [6.07, 6.45) is 12.9. The first kappa shape index (κ1) is 20.9. The Morgan fingerprint density at radius 3 is 1.76 bits per heavy atom. The van der Waals surface area contributed by atoms with Crippen LogP contribution in [0.15, 0.2) is 0 Å². The Morgan fingerprint density at radius 2 is 1.24 bits per heavy atom. The molecule has 0 spiro atoms. The highest BCUT2D eigenvalue weighted by molar-refractivity contribution is 4.65. The second-order valence-electron chi connectivity index (χ2n) is 5.88. The first-order chi connectivity index (χ1) is 10.3. The van der Waals surface area contributed by atoms with Crippen LogP contribution in [0.25, 0.3) is 0 Å². The van der Waals surface area contributed by atoms with Crippen LogP contribution in [0.1, 0.15) is 85.0 Å². The minimum atomic E-state index is -0.0355. The molecular formula is C18H39NO2. The van der Waals surface area contributed by atoms with Crippen molar-refractivity contribution in [3.63, 3.8) is 0 Å².